The van der Waals surface area contributed by atoms with Crippen LogP contribution in [0.4, 0.5) is 0 Å². The highest BCUT2D eigenvalue weighted by atomic mass is 35.5. The summed E-state index contributed by atoms with van der Waals surface area (Å²) in [5, 5.41) is 4.58. The van der Waals surface area contributed by atoms with E-state index in [1.807, 2.05) is 49.8 Å². The van der Waals surface area contributed by atoms with Crippen LogP contribution < -0.4 is 5.32 Å². The zero-order valence-corrected chi connectivity index (χ0v) is 12.2. The zero-order valence-electron chi connectivity index (χ0n) is 10.7. The van der Waals surface area contributed by atoms with E-state index in [1.54, 1.807) is 0 Å². The van der Waals surface area contributed by atoms with Gasteiger partial charge in [0, 0.05) is 18.4 Å². The standard InChI is InChI=1S/C15H16Cl2N2/c1-18-13(9-11-5-7-19-8-6-11)10-12-3-2-4-14(16)15(12)17/h2-8,13,18H,9-10H2,1H3. The molecule has 19 heavy (non-hydrogen) atoms. The molecule has 0 bridgehead atoms. The molecule has 2 nitrogen and oxygen atoms in total. The van der Waals surface area contributed by atoms with Crippen molar-refractivity contribution in [1.29, 1.82) is 0 Å². The molecule has 1 unspecified atom stereocenters. The summed E-state index contributed by atoms with van der Waals surface area (Å²) in [6.07, 6.45) is 5.41. The Morgan fingerprint density at radius 2 is 1.84 bits per heavy atom. The number of benzene rings is 1. The molecule has 0 amide bonds. The number of rotatable bonds is 5. The molecule has 2 aromatic rings. The molecule has 1 atom stereocenters. The lowest BCUT2D eigenvalue weighted by Crippen LogP contribution is -2.30. The van der Waals surface area contributed by atoms with Crippen molar-refractivity contribution < 1.29 is 0 Å². The number of aromatic nitrogens is 1. The Morgan fingerprint density at radius 3 is 2.53 bits per heavy atom. The van der Waals surface area contributed by atoms with Crippen molar-refractivity contribution in [2.45, 2.75) is 18.9 Å². The van der Waals surface area contributed by atoms with Gasteiger partial charge in [-0.1, -0.05) is 35.3 Å². The monoisotopic (exact) mass is 294 g/mol. The van der Waals surface area contributed by atoms with Crippen molar-refractivity contribution in [3.8, 4) is 0 Å². The van der Waals surface area contributed by atoms with Gasteiger partial charge in [0.15, 0.2) is 0 Å². The highest BCUT2D eigenvalue weighted by Gasteiger charge is 2.12. The van der Waals surface area contributed by atoms with Gasteiger partial charge in [0.1, 0.15) is 0 Å². The minimum absolute atomic E-state index is 0.318. The highest BCUT2D eigenvalue weighted by Crippen LogP contribution is 2.26. The minimum atomic E-state index is 0.318. The number of halogens is 2. The number of hydrogen-bond donors (Lipinski definition) is 1. The molecule has 0 spiro atoms. The van der Waals surface area contributed by atoms with Crippen molar-refractivity contribution in [1.82, 2.24) is 10.3 Å². The fourth-order valence-electron chi connectivity index (χ4n) is 2.05. The molecule has 0 aliphatic heterocycles. The lowest BCUT2D eigenvalue weighted by atomic mass is 10.00. The van der Waals surface area contributed by atoms with E-state index >= 15 is 0 Å². The van der Waals surface area contributed by atoms with Gasteiger partial charge in [-0.05, 0) is 49.2 Å². The number of nitrogens with zero attached hydrogens (tertiary/aromatic N) is 1. The second-order valence-corrected chi connectivity index (χ2v) is 5.25. The van der Waals surface area contributed by atoms with Gasteiger partial charge in [-0.2, -0.15) is 0 Å². The van der Waals surface area contributed by atoms with Crippen molar-refractivity contribution in [2.75, 3.05) is 7.05 Å². The lowest BCUT2D eigenvalue weighted by molar-refractivity contribution is 0.556. The highest BCUT2D eigenvalue weighted by molar-refractivity contribution is 6.42. The van der Waals surface area contributed by atoms with E-state index < -0.39 is 0 Å². The first-order valence-corrected chi connectivity index (χ1v) is 6.95. The third-order valence-electron chi connectivity index (χ3n) is 3.14. The molecule has 0 aliphatic carbocycles. The Hall–Kier alpha value is -1.09. The predicted octanol–water partition coefficient (Wildman–Crippen LogP) is 3.76. The van der Waals surface area contributed by atoms with Crippen molar-refractivity contribution in [3.63, 3.8) is 0 Å². The van der Waals surface area contributed by atoms with E-state index in [0.29, 0.717) is 16.1 Å². The van der Waals surface area contributed by atoms with Gasteiger partial charge < -0.3 is 5.32 Å². The van der Waals surface area contributed by atoms with E-state index in [9.17, 15) is 0 Å². The summed E-state index contributed by atoms with van der Waals surface area (Å²) in [7, 11) is 1.96. The second kappa shape index (κ2) is 6.90. The first kappa shape index (κ1) is 14.3. The predicted molar refractivity (Wildman–Crippen MR) is 81.0 cm³/mol. The van der Waals surface area contributed by atoms with Crippen molar-refractivity contribution in [3.05, 3.63) is 63.9 Å². The van der Waals surface area contributed by atoms with E-state index in [4.69, 9.17) is 23.2 Å². The largest absolute Gasteiger partial charge is 0.316 e. The molecular weight excluding hydrogens is 279 g/mol. The summed E-state index contributed by atoms with van der Waals surface area (Å²) < 4.78 is 0. The number of nitrogens with one attached hydrogen (secondary N) is 1. The first-order chi connectivity index (χ1) is 9.20. The third-order valence-corrected chi connectivity index (χ3v) is 4.00. The molecule has 0 saturated carbocycles. The Kier molecular flexibility index (Phi) is 5.20. The quantitative estimate of drug-likeness (QED) is 0.908. The summed E-state index contributed by atoms with van der Waals surface area (Å²) in [5.74, 6) is 0. The fourth-order valence-corrected chi connectivity index (χ4v) is 2.45. The maximum absolute atomic E-state index is 6.23. The molecule has 100 valence electrons. The number of likely N-dealkylation sites (N-methyl/N-ethyl adjacent to an activating group) is 1. The SMILES string of the molecule is CNC(Cc1ccncc1)Cc1cccc(Cl)c1Cl. The van der Waals surface area contributed by atoms with Gasteiger partial charge in [-0.15, -0.1) is 0 Å². The van der Waals surface area contributed by atoms with Crippen LogP contribution in [0.15, 0.2) is 42.7 Å². The molecular formula is C15H16Cl2N2. The molecule has 1 N–H and O–H groups in total. The first-order valence-electron chi connectivity index (χ1n) is 6.19. The summed E-state index contributed by atoms with van der Waals surface area (Å²) in [4.78, 5) is 4.03. The molecule has 0 aliphatic rings. The molecule has 0 radical (unpaired) electrons. The van der Waals surface area contributed by atoms with Gasteiger partial charge in [0.25, 0.3) is 0 Å². The third kappa shape index (κ3) is 3.93. The summed E-state index contributed by atoms with van der Waals surface area (Å²) in [6, 6.07) is 10.1. The maximum Gasteiger partial charge on any atom is 0.0624 e. The fraction of sp³-hybridized carbons (Fsp3) is 0.267. The topological polar surface area (TPSA) is 24.9 Å². The average molecular weight is 295 g/mol. The number of hydrogen-bond acceptors (Lipinski definition) is 2. The second-order valence-electron chi connectivity index (χ2n) is 4.46. The van der Waals surface area contributed by atoms with Crippen LogP contribution in [0.25, 0.3) is 0 Å². The van der Waals surface area contributed by atoms with Crippen LogP contribution in [-0.2, 0) is 12.8 Å². The minimum Gasteiger partial charge on any atom is -0.316 e. The van der Waals surface area contributed by atoms with Gasteiger partial charge in [0.2, 0.25) is 0 Å². The molecule has 4 heteroatoms. The van der Waals surface area contributed by atoms with Crippen LogP contribution in [0.5, 0.6) is 0 Å². The van der Waals surface area contributed by atoms with Crippen molar-refractivity contribution >= 4 is 23.2 Å². The van der Waals surface area contributed by atoms with Crippen molar-refractivity contribution in [2.24, 2.45) is 0 Å². The molecule has 0 saturated heterocycles. The van der Waals surface area contributed by atoms with E-state index in [0.717, 1.165) is 18.4 Å². The molecule has 1 aromatic heterocycles. The Morgan fingerprint density at radius 1 is 1.11 bits per heavy atom. The van der Waals surface area contributed by atoms with E-state index in [2.05, 4.69) is 10.3 Å². The van der Waals surface area contributed by atoms with Gasteiger partial charge in [-0.3, -0.25) is 4.98 Å². The van der Waals surface area contributed by atoms with Crippen LogP contribution in [-0.4, -0.2) is 18.1 Å². The zero-order chi connectivity index (χ0) is 13.7. The van der Waals surface area contributed by atoms with Crippen LogP contribution in [0.3, 0.4) is 0 Å². The maximum atomic E-state index is 6.23. The van der Waals surface area contributed by atoms with Gasteiger partial charge in [-0.25, -0.2) is 0 Å². The number of pyridine rings is 1. The molecule has 1 heterocycles. The van der Waals surface area contributed by atoms with Gasteiger partial charge >= 0.3 is 0 Å². The smallest absolute Gasteiger partial charge is 0.0624 e. The van der Waals surface area contributed by atoms with E-state index in [-0.39, 0.29) is 0 Å². The van der Waals surface area contributed by atoms with E-state index in [1.165, 1.54) is 5.56 Å². The summed E-state index contributed by atoms with van der Waals surface area (Å²) in [5.41, 5.74) is 2.33. The Balaban J connectivity index is 2.09. The summed E-state index contributed by atoms with van der Waals surface area (Å²) in [6.45, 7) is 0. The Labute approximate surface area is 123 Å². The lowest BCUT2D eigenvalue weighted by Gasteiger charge is -2.17. The van der Waals surface area contributed by atoms with Crippen LogP contribution in [0, 0.1) is 0 Å². The van der Waals surface area contributed by atoms with Crippen LogP contribution in [0.2, 0.25) is 10.0 Å². The Bertz CT molecular complexity index is 529. The van der Waals surface area contributed by atoms with Gasteiger partial charge in [0.05, 0.1) is 10.0 Å². The molecule has 1 aromatic carbocycles. The normalized spacial score (nSPS) is 12.4. The average Bonchev–Trinajstić information content (AvgIpc) is 2.44. The molecule has 2 rings (SSSR count). The van der Waals surface area contributed by atoms with Crippen LogP contribution >= 0.6 is 23.2 Å². The van der Waals surface area contributed by atoms with Crippen LogP contribution in [0.1, 0.15) is 11.1 Å². The summed E-state index contributed by atoms with van der Waals surface area (Å²) >= 11 is 12.3. The molecule has 0 fully saturated rings.